The summed E-state index contributed by atoms with van der Waals surface area (Å²) < 4.78 is 0. The zero-order valence-corrected chi connectivity index (χ0v) is 68.6. The van der Waals surface area contributed by atoms with Gasteiger partial charge >= 0.3 is 0 Å². The summed E-state index contributed by atoms with van der Waals surface area (Å²) in [6, 6.07) is 125. The van der Waals surface area contributed by atoms with Crippen LogP contribution in [0.3, 0.4) is 0 Å². The van der Waals surface area contributed by atoms with Gasteiger partial charge in [-0.25, -0.2) is 9.97 Å². The van der Waals surface area contributed by atoms with Crippen LogP contribution in [0.4, 0.5) is 0 Å². The molecular formula is C114H92N4. The Hall–Kier alpha value is -13.3. The molecule has 0 saturated carbocycles. The second-order valence-corrected chi connectivity index (χ2v) is 34.8. The van der Waals surface area contributed by atoms with Crippen LogP contribution in [-0.4, -0.2) is 19.9 Å². The van der Waals surface area contributed by atoms with Crippen LogP contribution >= 0.6 is 0 Å². The lowest BCUT2D eigenvalue weighted by molar-refractivity contribution is 0.451. The van der Waals surface area contributed by atoms with Gasteiger partial charge in [0.15, 0.2) is 0 Å². The Bertz CT molecular complexity index is 6670. The van der Waals surface area contributed by atoms with E-state index in [1.165, 1.54) is 156 Å². The van der Waals surface area contributed by atoms with E-state index >= 15 is 0 Å². The molecule has 0 N–H and O–H groups in total. The van der Waals surface area contributed by atoms with Crippen molar-refractivity contribution in [2.45, 2.75) is 116 Å². The first-order valence-electron chi connectivity index (χ1n) is 42.1. The highest BCUT2D eigenvalue weighted by Crippen LogP contribution is 2.60. The maximum atomic E-state index is 5.86. The van der Waals surface area contributed by atoms with Gasteiger partial charge in [-0.3, -0.25) is 9.97 Å². The number of fused-ring (bicyclic) bond motifs is 18. The maximum Gasteiger partial charge on any atom is 0.0974 e. The molecule has 4 nitrogen and oxygen atoms in total. The average molecular weight is 1520 g/mol. The van der Waals surface area contributed by atoms with Crippen molar-refractivity contribution < 1.29 is 0 Å². The van der Waals surface area contributed by atoms with E-state index in [-0.39, 0.29) is 46.3 Å². The van der Waals surface area contributed by atoms with Gasteiger partial charge in [-0.15, -0.1) is 0 Å². The lowest BCUT2D eigenvalue weighted by atomic mass is 9.69. The third-order valence-electron chi connectivity index (χ3n) is 27.4. The fourth-order valence-electron chi connectivity index (χ4n) is 21.6. The molecular weight excluding hydrogens is 1430 g/mol. The number of aromatic nitrogens is 4. The molecule has 0 radical (unpaired) electrons. The van der Waals surface area contributed by atoms with Gasteiger partial charge in [0, 0.05) is 90.7 Å². The van der Waals surface area contributed by atoms with Gasteiger partial charge in [-0.2, -0.15) is 0 Å². The molecule has 18 aromatic rings. The van der Waals surface area contributed by atoms with E-state index in [9.17, 15) is 0 Å². The Kier molecular flexibility index (Phi) is 17.4. The summed E-state index contributed by atoms with van der Waals surface area (Å²) >= 11 is 0. The molecule has 568 valence electrons. The molecule has 14 aromatic carbocycles. The monoisotopic (exact) mass is 1520 g/mol. The number of aryl methyl sites for hydroxylation is 4. The summed E-state index contributed by atoms with van der Waals surface area (Å²) in [5, 5.41) is 4.49. The Labute approximate surface area is 692 Å². The topological polar surface area (TPSA) is 51.6 Å². The predicted octanol–water partition coefficient (Wildman–Crippen LogP) is 29.5. The zero-order chi connectivity index (χ0) is 80.0. The molecule has 4 heteroatoms. The Balaban J connectivity index is 0.000000147. The molecule has 0 bridgehead atoms. The summed E-state index contributed by atoms with van der Waals surface area (Å²) in [5.74, 6) is 0.838. The lowest BCUT2D eigenvalue weighted by Crippen LogP contribution is -2.29. The van der Waals surface area contributed by atoms with Crippen molar-refractivity contribution in [1.29, 1.82) is 0 Å². The first kappa shape index (κ1) is 72.4. The maximum absolute atomic E-state index is 5.86. The lowest BCUT2D eigenvalue weighted by Gasteiger charge is -2.35. The normalized spacial score (nSPS) is 15.8. The molecule has 4 aromatic heterocycles. The van der Waals surface area contributed by atoms with Gasteiger partial charge in [-0.05, 0) is 208 Å². The average Bonchev–Trinajstić information content (AvgIpc) is 1.33. The zero-order valence-electron chi connectivity index (χ0n) is 68.6. The van der Waals surface area contributed by atoms with Crippen LogP contribution in [-0.2, 0) is 10.8 Å². The number of benzene rings is 14. The van der Waals surface area contributed by atoms with Crippen molar-refractivity contribution in [3.63, 3.8) is 0 Å². The number of pyridine rings is 4. The molecule has 0 fully saturated rings. The molecule has 4 heterocycles. The molecule has 4 aliphatic carbocycles. The number of hydrogen-bond acceptors (Lipinski definition) is 4. The van der Waals surface area contributed by atoms with Crippen molar-refractivity contribution in [3.05, 3.63) is 429 Å². The summed E-state index contributed by atoms with van der Waals surface area (Å²) in [4.78, 5) is 23.3. The van der Waals surface area contributed by atoms with Crippen molar-refractivity contribution in [2.24, 2.45) is 0 Å². The van der Waals surface area contributed by atoms with Crippen LogP contribution in [0.25, 0.3) is 133 Å². The van der Waals surface area contributed by atoms with Gasteiger partial charge in [0.25, 0.3) is 0 Å². The van der Waals surface area contributed by atoms with Gasteiger partial charge < -0.3 is 0 Å². The van der Waals surface area contributed by atoms with Crippen molar-refractivity contribution in [3.8, 4) is 89.0 Å². The number of hydrogen-bond donors (Lipinski definition) is 0. The molecule has 118 heavy (non-hydrogen) atoms. The highest BCUT2D eigenvalue weighted by atomic mass is 14.8. The highest BCUT2D eigenvalue weighted by Gasteiger charge is 2.46. The molecule has 0 amide bonds. The third kappa shape index (κ3) is 11.4. The summed E-state index contributed by atoms with van der Waals surface area (Å²) in [5.41, 5.74) is 44.1. The third-order valence-corrected chi connectivity index (χ3v) is 27.4. The molecule has 22 rings (SSSR count). The van der Waals surface area contributed by atoms with Crippen LogP contribution in [0.2, 0.25) is 0 Å². The highest BCUT2D eigenvalue weighted by molar-refractivity contribution is 6.14. The van der Waals surface area contributed by atoms with E-state index in [0.29, 0.717) is 0 Å². The first-order chi connectivity index (χ1) is 57.6. The van der Waals surface area contributed by atoms with E-state index in [0.717, 1.165) is 66.4 Å². The standard InChI is InChI=1S/C58H48N2.C56H44N2/c1-35-19-17-29-41-39-25-13-15-27-43(39)53(51(35)41)57(3,4)49-33-47(37-21-9-7-10-22-37)45-31-32-46-48(38-23-11-8-12-24-38)34-50(60-56(46)55(45)59-49)58(5,6)54-44-28-16-14-26-40(44)42-30-18-20-36(2)52(42)54;1-33-17-15-27-41-39-23-11-13-25-43(39)53(51(33)41)35(3)49-31-47(37-19-7-5-8-20-37)45-29-30-46-48(38-21-9-6-10-22-38)32-50(58-56(46)55(45)57-49)36(4)54-44-26-14-12-24-40(44)42-28-16-18-34(2)52(42)54/h7-34,53-54H,1-6H3;5-32,35-36,53-54H,1-4H3. The fourth-order valence-corrected chi connectivity index (χ4v) is 21.6. The molecule has 6 unspecified atom stereocenters. The minimum absolute atomic E-state index is 0.107. The second-order valence-electron chi connectivity index (χ2n) is 34.8. The smallest absolute Gasteiger partial charge is 0.0974 e. The van der Waals surface area contributed by atoms with E-state index in [1.54, 1.807) is 0 Å². The molecule has 0 saturated heterocycles. The van der Waals surface area contributed by atoms with Crippen LogP contribution in [0, 0.1) is 27.7 Å². The Morgan fingerprint density at radius 3 is 0.797 bits per heavy atom. The first-order valence-corrected chi connectivity index (χ1v) is 42.1. The van der Waals surface area contributed by atoms with Gasteiger partial charge in [0.05, 0.1) is 22.1 Å². The van der Waals surface area contributed by atoms with E-state index in [1.807, 2.05) is 0 Å². The predicted molar refractivity (Wildman–Crippen MR) is 493 cm³/mol. The van der Waals surface area contributed by atoms with Gasteiger partial charge in [-0.1, -0.05) is 357 Å². The Morgan fingerprint density at radius 2 is 0.475 bits per heavy atom. The van der Waals surface area contributed by atoms with Gasteiger partial charge in [0.2, 0.25) is 0 Å². The van der Waals surface area contributed by atoms with Crippen LogP contribution < -0.4 is 0 Å². The molecule has 6 atom stereocenters. The van der Waals surface area contributed by atoms with Gasteiger partial charge in [0.1, 0.15) is 0 Å². The molecule has 4 aliphatic rings. The largest absolute Gasteiger partial charge is 0.250 e. The Morgan fingerprint density at radius 1 is 0.229 bits per heavy atom. The second kappa shape index (κ2) is 28.3. The van der Waals surface area contributed by atoms with Crippen LogP contribution in [0.15, 0.2) is 340 Å². The van der Waals surface area contributed by atoms with E-state index in [2.05, 4.69) is 409 Å². The van der Waals surface area contributed by atoms with Crippen molar-refractivity contribution in [1.82, 2.24) is 19.9 Å². The van der Waals surface area contributed by atoms with Crippen molar-refractivity contribution >= 4 is 43.6 Å². The summed E-state index contributed by atoms with van der Waals surface area (Å²) in [7, 11) is 0. The van der Waals surface area contributed by atoms with Crippen LogP contribution in [0.1, 0.15) is 167 Å². The van der Waals surface area contributed by atoms with Crippen molar-refractivity contribution in [2.75, 3.05) is 0 Å². The van der Waals surface area contributed by atoms with E-state index in [4.69, 9.17) is 19.9 Å². The fraction of sp³-hybridized carbons (Fsp3) is 0.158. The number of nitrogens with zero attached hydrogens (tertiary/aromatic N) is 4. The SMILES string of the molecule is Cc1cccc2c1C(C(C)(C)c1cc(-c3ccccc3)c3ccc4c(-c5ccccc5)cc(C(C)(C)C5c6ccccc6-c6cccc(C)c65)nc4c3n1)c1ccccc1-2.Cc1cccc2c1C(C(C)c1cc(-c3ccccc3)c3ccc4c(-c5ccccc5)cc(C(C)C5c6ccccc6-c6cccc(C)c65)nc4c3n1)c1ccccc1-2. The molecule has 0 spiro atoms. The van der Waals surface area contributed by atoms with E-state index < -0.39 is 0 Å². The molecule has 0 aliphatic heterocycles. The minimum atomic E-state index is -0.374. The number of rotatable bonds is 12. The van der Waals surface area contributed by atoms with Crippen LogP contribution in [0.5, 0.6) is 0 Å². The quantitative estimate of drug-likeness (QED) is 0.114. The minimum Gasteiger partial charge on any atom is -0.250 e. The summed E-state index contributed by atoms with van der Waals surface area (Å²) in [6.07, 6.45) is 0. The summed E-state index contributed by atoms with van der Waals surface area (Å²) in [6.45, 7) is 23.4.